The molecule has 0 spiro atoms. The van der Waals surface area contributed by atoms with Crippen LogP contribution in [0.5, 0.6) is 0 Å². The molecule has 0 saturated carbocycles. The number of amides is 1. The van der Waals surface area contributed by atoms with Gasteiger partial charge >= 0.3 is 0 Å². The van der Waals surface area contributed by atoms with Crippen LogP contribution in [-0.2, 0) is 11.3 Å². The van der Waals surface area contributed by atoms with E-state index in [0.717, 1.165) is 5.56 Å². The maximum Gasteiger partial charge on any atom is 0.238 e. The van der Waals surface area contributed by atoms with E-state index in [9.17, 15) is 4.79 Å². The Morgan fingerprint density at radius 3 is 2.70 bits per heavy atom. The van der Waals surface area contributed by atoms with Gasteiger partial charge in [-0.1, -0.05) is 41.4 Å². The molecule has 0 heterocycles. The monoisotopic (exact) mass is 347 g/mol. The minimum absolute atomic E-state index is 0.169. The standard InChI is InChI=1S/C17H15Cl2N3O/c1-22(10-13-4-2-3-5-15(13)19)11-17(23)21-16-8-14(18)7-6-12(16)9-20/h2-8H,10-11H2,1H3,(H,21,23). The summed E-state index contributed by atoms with van der Waals surface area (Å²) in [6, 6.07) is 14.3. The number of nitrogens with one attached hydrogen (secondary N) is 1. The van der Waals surface area contributed by atoms with Crippen molar-refractivity contribution in [1.82, 2.24) is 4.90 Å². The lowest BCUT2D eigenvalue weighted by molar-refractivity contribution is -0.117. The summed E-state index contributed by atoms with van der Waals surface area (Å²) >= 11 is 12.0. The summed E-state index contributed by atoms with van der Waals surface area (Å²) in [6.45, 7) is 0.719. The lowest BCUT2D eigenvalue weighted by atomic mass is 10.2. The van der Waals surface area contributed by atoms with E-state index < -0.39 is 0 Å². The van der Waals surface area contributed by atoms with Crippen molar-refractivity contribution in [1.29, 1.82) is 5.26 Å². The molecular formula is C17H15Cl2N3O. The Labute approximate surface area is 145 Å². The molecule has 0 aromatic heterocycles. The van der Waals surface area contributed by atoms with Gasteiger partial charge in [0.25, 0.3) is 0 Å². The van der Waals surface area contributed by atoms with E-state index in [1.54, 1.807) is 18.2 Å². The Morgan fingerprint density at radius 1 is 1.26 bits per heavy atom. The van der Waals surface area contributed by atoms with Gasteiger partial charge in [0.1, 0.15) is 6.07 Å². The van der Waals surface area contributed by atoms with Crippen LogP contribution in [-0.4, -0.2) is 24.4 Å². The number of nitrogens with zero attached hydrogens (tertiary/aromatic N) is 2. The van der Waals surface area contributed by atoms with Crippen LogP contribution >= 0.6 is 23.2 Å². The molecule has 4 nitrogen and oxygen atoms in total. The Morgan fingerprint density at radius 2 is 2.00 bits per heavy atom. The van der Waals surface area contributed by atoms with Gasteiger partial charge in [0.05, 0.1) is 17.8 Å². The number of anilines is 1. The van der Waals surface area contributed by atoms with Gasteiger partial charge in [0.2, 0.25) is 5.91 Å². The van der Waals surface area contributed by atoms with E-state index >= 15 is 0 Å². The summed E-state index contributed by atoms with van der Waals surface area (Å²) in [4.78, 5) is 14.0. The zero-order chi connectivity index (χ0) is 16.8. The Balaban J connectivity index is 1.99. The quantitative estimate of drug-likeness (QED) is 0.891. The molecule has 2 rings (SSSR count). The molecule has 1 amide bonds. The number of benzene rings is 2. The molecule has 0 aliphatic heterocycles. The molecule has 118 valence electrons. The highest BCUT2D eigenvalue weighted by Crippen LogP contribution is 2.20. The van der Waals surface area contributed by atoms with Gasteiger partial charge in [-0.05, 0) is 36.9 Å². The lowest BCUT2D eigenvalue weighted by Crippen LogP contribution is -2.30. The first-order valence-electron chi connectivity index (χ1n) is 6.91. The zero-order valence-corrected chi connectivity index (χ0v) is 14.0. The fourth-order valence-corrected chi connectivity index (χ4v) is 2.49. The molecule has 0 saturated heterocycles. The van der Waals surface area contributed by atoms with Crippen molar-refractivity contribution in [3.63, 3.8) is 0 Å². The summed E-state index contributed by atoms with van der Waals surface area (Å²) in [5, 5.41) is 12.9. The van der Waals surface area contributed by atoms with Crippen molar-refractivity contribution < 1.29 is 4.79 Å². The van der Waals surface area contributed by atoms with Crippen molar-refractivity contribution in [2.45, 2.75) is 6.54 Å². The number of likely N-dealkylation sites (N-methyl/N-ethyl adjacent to an activating group) is 1. The number of hydrogen-bond acceptors (Lipinski definition) is 3. The third-order valence-electron chi connectivity index (χ3n) is 3.19. The van der Waals surface area contributed by atoms with Crippen LogP contribution < -0.4 is 5.32 Å². The molecule has 0 unspecified atom stereocenters. The minimum atomic E-state index is -0.224. The second kappa shape index (κ2) is 7.98. The molecule has 1 N–H and O–H groups in total. The number of carbonyl (C=O) groups is 1. The first kappa shape index (κ1) is 17.3. The van der Waals surface area contributed by atoms with Crippen LogP contribution in [0.2, 0.25) is 10.0 Å². The molecule has 6 heteroatoms. The van der Waals surface area contributed by atoms with Crippen LogP contribution in [0, 0.1) is 11.3 Å². The maximum absolute atomic E-state index is 12.1. The summed E-state index contributed by atoms with van der Waals surface area (Å²) in [6.07, 6.45) is 0. The molecule has 2 aromatic rings. The Kier molecular flexibility index (Phi) is 6.00. The first-order valence-corrected chi connectivity index (χ1v) is 7.66. The second-order valence-corrected chi connectivity index (χ2v) is 5.96. The third kappa shape index (κ3) is 4.97. The Bertz CT molecular complexity index is 756. The molecule has 2 aromatic carbocycles. The third-order valence-corrected chi connectivity index (χ3v) is 3.79. The summed E-state index contributed by atoms with van der Waals surface area (Å²) < 4.78 is 0. The highest BCUT2D eigenvalue weighted by atomic mass is 35.5. The van der Waals surface area contributed by atoms with Crippen LogP contribution in [0.3, 0.4) is 0 Å². The molecule has 0 fully saturated rings. The van der Waals surface area contributed by atoms with Crippen LogP contribution in [0.25, 0.3) is 0 Å². The summed E-state index contributed by atoms with van der Waals surface area (Å²) in [5.74, 6) is -0.224. The molecule has 23 heavy (non-hydrogen) atoms. The summed E-state index contributed by atoms with van der Waals surface area (Å²) in [5.41, 5.74) is 1.73. The van der Waals surface area contributed by atoms with E-state index in [0.29, 0.717) is 27.8 Å². The van der Waals surface area contributed by atoms with Crippen molar-refractivity contribution >= 4 is 34.8 Å². The average Bonchev–Trinajstić information content (AvgIpc) is 2.49. The summed E-state index contributed by atoms with van der Waals surface area (Å²) in [7, 11) is 1.83. The van der Waals surface area contributed by atoms with Gasteiger partial charge in [0.15, 0.2) is 0 Å². The second-order valence-electron chi connectivity index (χ2n) is 5.11. The van der Waals surface area contributed by atoms with Crippen molar-refractivity contribution in [3.8, 4) is 6.07 Å². The number of rotatable bonds is 5. The molecule has 0 bridgehead atoms. The maximum atomic E-state index is 12.1. The molecule has 0 radical (unpaired) electrons. The number of hydrogen-bond donors (Lipinski definition) is 1. The van der Waals surface area contributed by atoms with Gasteiger partial charge in [-0.2, -0.15) is 5.26 Å². The van der Waals surface area contributed by atoms with E-state index in [1.807, 2.05) is 42.3 Å². The first-order chi connectivity index (χ1) is 11.0. The molecular weight excluding hydrogens is 333 g/mol. The van der Waals surface area contributed by atoms with Gasteiger partial charge < -0.3 is 5.32 Å². The smallest absolute Gasteiger partial charge is 0.238 e. The molecule has 0 aliphatic rings. The van der Waals surface area contributed by atoms with Crippen LogP contribution in [0.15, 0.2) is 42.5 Å². The highest BCUT2D eigenvalue weighted by Gasteiger charge is 2.11. The topological polar surface area (TPSA) is 56.1 Å². The number of halogens is 2. The van der Waals surface area contributed by atoms with E-state index in [-0.39, 0.29) is 12.5 Å². The number of carbonyl (C=O) groups excluding carboxylic acids is 1. The predicted molar refractivity (Wildman–Crippen MR) is 92.6 cm³/mol. The molecule has 0 aliphatic carbocycles. The highest BCUT2D eigenvalue weighted by molar-refractivity contribution is 6.31. The Hall–Kier alpha value is -2.06. The normalized spacial score (nSPS) is 10.4. The van der Waals surface area contributed by atoms with E-state index in [4.69, 9.17) is 28.5 Å². The van der Waals surface area contributed by atoms with Gasteiger partial charge in [-0.3, -0.25) is 9.69 Å². The predicted octanol–water partition coefficient (Wildman–Crippen LogP) is 3.94. The van der Waals surface area contributed by atoms with Gasteiger partial charge in [0, 0.05) is 16.6 Å². The zero-order valence-electron chi connectivity index (χ0n) is 12.5. The fraction of sp³-hybridized carbons (Fsp3) is 0.176. The van der Waals surface area contributed by atoms with E-state index in [1.165, 1.54) is 0 Å². The average molecular weight is 348 g/mol. The lowest BCUT2D eigenvalue weighted by Gasteiger charge is -2.17. The van der Waals surface area contributed by atoms with Gasteiger partial charge in [-0.15, -0.1) is 0 Å². The van der Waals surface area contributed by atoms with Gasteiger partial charge in [-0.25, -0.2) is 0 Å². The SMILES string of the molecule is CN(CC(=O)Nc1cc(Cl)ccc1C#N)Cc1ccccc1Cl. The number of nitriles is 1. The van der Waals surface area contributed by atoms with Crippen LogP contribution in [0.1, 0.15) is 11.1 Å². The minimum Gasteiger partial charge on any atom is -0.324 e. The van der Waals surface area contributed by atoms with Crippen molar-refractivity contribution in [2.75, 3.05) is 18.9 Å². The van der Waals surface area contributed by atoms with E-state index in [2.05, 4.69) is 5.32 Å². The van der Waals surface area contributed by atoms with Crippen molar-refractivity contribution in [3.05, 3.63) is 63.6 Å². The van der Waals surface area contributed by atoms with Crippen LogP contribution in [0.4, 0.5) is 5.69 Å². The molecule has 0 atom stereocenters. The van der Waals surface area contributed by atoms with Crippen molar-refractivity contribution in [2.24, 2.45) is 0 Å². The largest absolute Gasteiger partial charge is 0.324 e. The fourth-order valence-electron chi connectivity index (χ4n) is 2.13.